The zero-order chi connectivity index (χ0) is 12.3. The van der Waals surface area contributed by atoms with Crippen LogP contribution in [0, 0.1) is 5.92 Å². The lowest BCUT2D eigenvalue weighted by atomic mass is 9.76. The Hall–Kier alpha value is -0.830. The first-order chi connectivity index (χ1) is 7.45. The van der Waals surface area contributed by atoms with E-state index in [1.807, 2.05) is 13.8 Å². The molecule has 0 bridgehead atoms. The van der Waals surface area contributed by atoms with Crippen molar-refractivity contribution in [2.45, 2.75) is 38.5 Å². The molecule has 0 aromatic carbocycles. The Labute approximate surface area is 101 Å². The smallest absolute Gasteiger partial charge is 0.328 e. The monoisotopic (exact) mass is 244 g/mol. The summed E-state index contributed by atoms with van der Waals surface area (Å²) in [6, 6.07) is 0. The Morgan fingerprint density at radius 2 is 2.19 bits per heavy atom. The Balaban J connectivity index is 3.01. The van der Waals surface area contributed by atoms with Crippen molar-refractivity contribution in [2.75, 3.05) is 6.61 Å². The first kappa shape index (κ1) is 13.2. The number of halogens is 1. The van der Waals surface area contributed by atoms with Gasteiger partial charge in [0.05, 0.1) is 6.61 Å². The average Bonchev–Trinajstić information content (AvgIpc) is 2.23. The van der Waals surface area contributed by atoms with Crippen LogP contribution < -0.4 is 0 Å². The largest absolute Gasteiger partial charge is 0.465 e. The van der Waals surface area contributed by atoms with Crippen molar-refractivity contribution >= 4 is 23.9 Å². The van der Waals surface area contributed by atoms with Gasteiger partial charge in [-0.05, 0) is 33.6 Å². The van der Waals surface area contributed by atoms with Crippen molar-refractivity contribution in [3.8, 4) is 0 Å². The number of alkyl halides is 1. The third kappa shape index (κ3) is 2.29. The van der Waals surface area contributed by atoms with Crippen LogP contribution in [0.5, 0.6) is 0 Å². The molecule has 1 aliphatic carbocycles. The molecule has 2 unspecified atom stereocenters. The van der Waals surface area contributed by atoms with Crippen molar-refractivity contribution in [3.05, 3.63) is 11.1 Å². The van der Waals surface area contributed by atoms with Gasteiger partial charge in [-0.25, -0.2) is 0 Å². The van der Waals surface area contributed by atoms with Crippen molar-refractivity contribution in [2.24, 2.45) is 5.92 Å². The van der Waals surface area contributed by atoms with Gasteiger partial charge >= 0.3 is 5.97 Å². The standard InChI is InChI=1S/C12H17ClO3/c1-4-16-11(15)12(13)6-9(3)8(2)5-10(12)7-14/h7,10H,4-6H2,1-3H3. The number of carbonyl (C=O) groups is 2. The van der Waals surface area contributed by atoms with E-state index in [-0.39, 0.29) is 6.61 Å². The molecule has 0 fully saturated rings. The van der Waals surface area contributed by atoms with Gasteiger partial charge in [-0.3, -0.25) is 4.79 Å². The van der Waals surface area contributed by atoms with Crippen LogP contribution in [0.1, 0.15) is 33.6 Å². The summed E-state index contributed by atoms with van der Waals surface area (Å²) in [6.45, 7) is 5.91. The quantitative estimate of drug-likeness (QED) is 0.332. The molecule has 0 radical (unpaired) electrons. The Morgan fingerprint density at radius 3 is 2.69 bits per heavy atom. The van der Waals surface area contributed by atoms with Crippen LogP contribution in [0.2, 0.25) is 0 Å². The van der Waals surface area contributed by atoms with Crippen molar-refractivity contribution in [1.29, 1.82) is 0 Å². The van der Waals surface area contributed by atoms with E-state index in [0.29, 0.717) is 12.8 Å². The van der Waals surface area contributed by atoms with E-state index < -0.39 is 16.8 Å². The van der Waals surface area contributed by atoms with E-state index in [0.717, 1.165) is 17.4 Å². The average molecular weight is 245 g/mol. The van der Waals surface area contributed by atoms with Crippen LogP contribution in [-0.4, -0.2) is 23.7 Å². The fourth-order valence-electron chi connectivity index (χ4n) is 1.96. The molecule has 0 spiro atoms. The van der Waals surface area contributed by atoms with Crippen molar-refractivity contribution in [3.63, 3.8) is 0 Å². The minimum Gasteiger partial charge on any atom is -0.465 e. The van der Waals surface area contributed by atoms with Crippen molar-refractivity contribution in [1.82, 2.24) is 0 Å². The predicted octanol–water partition coefficient (Wildman–Crippen LogP) is 2.47. The lowest BCUT2D eigenvalue weighted by Crippen LogP contribution is -2.45. The Kier molecular flexibility index (Phi) is 4.14. The zero-order valence-electron chi connectivity index (χ0n) is 9.88. The third-order valence-corrected chi connectivity index (χ3v) is 3.71. The molecule has 0 amide bonds. The van der Waals surface area contributed by atoms with Crippen molar-refractivity contribution < 1.29 is 14.3 Å². The molecule has 0 saturated carbocycles. The molecule has 1 rings (SSSR count). The number of ether oxygens (including phenoxy) is 1. The van der Waals surface area contributed by atoms with Gasteiger partial charge < -0.3 is 9.53 Å². The van der Waals surface area contributed by atoms with E-state index in [1.165, 1.54) is 0 Å². The number of aldehydes is 1. The number of rotatable bonds is 3. The second kappa shape index (κ2) is 5.00. The van der Waals surface area contributed by atoms with Gasteiger partial charge in [0.15, 0.2) is 4.87 Å². The lowest BCUT2D eigenvalue weighted by molar-refractivity contribution is -0.149. The van der Waals surface area contributed by atoms with Gasteiger partial charge in [0, 0.05) is 5.92 Å². The van der Waals surface area contributed by atoms with Crippen LogP contribution in [0.3, 0.4) is 0 Å². The molecule has 16 heavy (non-hydrogen) atoms. The molecule has 90 valence electrons. The van der Waals surface area contributed by atoms with Gasteiger partial charge in [-0.1, -0.05) is 11.1 Å². The molecule has 0 aliphatic heterocycles. The normalized spacial score (nSPS) is 30.1. The highest BCUT2D eigenvalue weighted by atomic mass is 35.5. The van der Waals surface area contributed by atoms with Crippen LogP contribution in [-0.2, 0) is 14.3 Å². The highest BCUT2D eigenvalue weighted by Crippen LogP contribution is 2.41. The second-order valence-corrected chi connectivity index (χ2v) is 4.94. The Morgan fingerprint density at radius 1 is 1.56 bits per heavy atom. The molecule has 2 atom stereocenters. The number of esters is 1. The maximum atomic E-state index is 11.8. The molecule has 1 aliphatic rings. The van der Waals surface area contributed by atoms with E-state index >= 15 is 0 Å². The Bertz CT molecular complexity index is 335. The topological polar surface area (TPSA) is 43.4 Å². The summed E-state index contributed by atoms with van der Waals surface area (Å²) in [4.78, 5) is 21.6. The van der Waals surface area contributed by atoms with E-state index in [1.54, 1.807) is 6.92 Å². The molecule has 3 nitrogen and oxygen atoms in total. The summed E-state index contributed by atoms with van der Waals surface area (Å²) in [5.74, 6) is -0.975. The van der Waals surface area contributed by atoms with Crippen LogP contribution in [0.4, 0.5) is 0 Å². The number of allylic oxidation sites excluding steroid dienone is 2. The number of hydrogen-bond acceptors (Lipinski definition) is 3. The highest BCUT2D eigenvalue weighted by Gasteiger charge is 2.47. The van der Waals surface area contributed by atoms with Gasteiger partial charge in [0.1, 0.15) is 6.29 Å². The molecule has 0 N–H and O–H groups in total. The van der Waals surface area contributed by atoms with Gasteiger partial charge in [0.2, 0.25) is 0 Å². The molecule has 0 aromatic rings. The zero-order valence-corrected chi connectivity index (χ0v) is 10.6. The molecular formula is C12H17ClO3. The summed E-state index contributed by atoms with van der Waals surface area (Å²) < 4.78 is 4.95. The first-order valence-electron chi connectivity index (χ1n) is 5.42. The van der Waals surface area contributed by atoms with Crippen LogP contribution in [0.25, 0.3) is 0 Å². The minimum absolute atomic E-state index is 0.278. The van der Waals surface area contributed by atoms with E-state index in [4.69, 9.17) is 16.3 Å². The minimum atomic E-state index is -1.21. The summed E-state index contributed by atoms with van der Waals surface area (Å²) in [5, 5.41) is 0. The van der Waals surface area contributed by atoms with Gasteiger partial charge in [-0.2, -0.15) is 0 Å². The summed E-state index contributed by atoms with van der Waals surface area (Å²) in [7, 11) is 0. The van der Waals surface area contributed by atoms with E-state index in [2.05, 4.69) is 0 Å². The van der Waals surface area contributed by atoms with Crippen LogP contribution in [0.15, 0.2) is 11.1 Å². The van der Waals surface area contributed by atoms with Gasteiger partial charge in [0.25, 0.3) is 0 Å². The van der Waals surface area contributed by atoms with Crippen LogP contribution >= 0.6 is 11.6 Å². The highest BCUT2D eigenvalue weighted by molar-refractivity contribution is 6.35. The molecule has 0 saturated heterocycles. The fourth-order valence-corrected chi connectivity index (χ4v) is 2.35. The SMILES string of the molecule is CCOC(=O)C1(Cl)CC(C)=C(C)CC1C=O. The fraction of sp³-hybridized carbons (Fsp3) is 0.667. The maximum absolute atomic E-state index is 11.8. The van der Waals surface area contributed by atoms with Gasteiger partial charge in [-0.15, -0.1) is 11.6 Å². The molecule has 4 heteroatoms. The summed E-state index contributed by atoms with van der Waals surface area (Å²) in [5.41, 5.74) is 2.21. The summed E-state index contributed by atoms with van der Waals surface area (Å²) in [6.07, 6.45) is 1.69. The maximum Gasteiger partial charge on any atom is 0.328 e. The molecule has 0 aromatic heterocycles. The molecular weight excluding hydrogens is 228 g/mol. The number of carbonyl (C=O) groups excluding carboxylic acids is 2. The lowest BCUT2D eigenvalue weighted by Gasteiger charge is -2.35. The first-order valence-corrected chi connectivity index (χ1v) is 5.80. The molecule has 0 heterocycles. The summed E-state index contributed by atoms with van der Waals surface area (Å²) >= 11 is 6.29. The third-order valence-electron chi connectivity index (χ3n) is 3.14. The van der Waals surface area contributed by atoms with E-state index in [9.17, 15) is 9.59 Å². The second-order valence-electron chi connectivity index (χ2n) is 4.27. The predicted molar refractivity (Wildman–Crippen MR) is 62.4 cm³/mol. The number of hydrogen-bond donors (Lipinski definition) is 0.